The number of hydrogen-bond acceptors (Lipinski definition) is 5. The molecule has 0 bridgehead atoms. The van der Waals surface area contributed by atoms with Gasteiger partial charge in [0.25, 0.3) is 5.91 Å². The molecule has 6 heteroatoms. The molecular formula is C20H25N3O3. The molecule has 1 N–H and O–H groups in total. The summed E-state index contributed by atoms with van der Waals surface area (Å²) in [6, 6.07) is 11.6. The minimum atomic E-state index is -0.515. The van der Waals surface area contributed by atoms with Crippen molar-refractivity contribution >= 4 is 5.91 Å². The number of pyridine rings is 1. The first-order valence-corrected chi connectivity index (χ1v) is 8.84. The number of ether oxygens (including phenoxy) is 2. The van der Waals surface area contributed by atoms with Crippen LogP contribution in [-0.2, 0) is 16.1 Å². The number of rotatable bonds is 6. The molecule has 0 aliphatic carbocycles. The number of piperazine rings is 1. The van der Waals surface area contributed by atoms with Crippen molar-refractivity contribution in [2.45, 2.75) is 25.7 Å². The Labute approximate surface area is 154 Å². The molecule has 2 aromatic rings. The molecular weight excluding hydrogens is 330 g/mol. The zero-order chi connectivity index (χ0) is 18.4. The Morgan fingerprint density at radius 3 is 3.04 bits per heavy atom. The second-order valence-electron chi connectivity index (χ2n) is 6.34. The van der Waals surface area contributed by atoms with Crippen LogP contribution in [0.3, 0.4) is 0 Å². The number of carbonyl (C=O) groups excluding carboxylic acids is 1. The number of benzene rings is 1. The maximum Gasteiger partial charge on any atom is 0.252 e. The Morgan fingerprint density at radius 1 is 1.38 bits per heavy atom. The largest absolute Gasteiger partial charge is 0.497 e. The fourth-order valence-corrected chi connectivity index (χ4v) is 3.13. The summed E-state index contributed by atoms with van der Waals surface area (Å²) in [5.41, 5.74) is 2.01. The van der Waals surface area contributed by atoms with E-state index in [0.29, 0.717) is 13.2 Å². The fraction of sp³-hybridized carbons (Fsp3) is 0.400. The lowest BCUT2D eigenvalue weighted by molar-refractivity contribution is -0.147. The van der Waals surface area contributed by atoms with Gasteiger partial charge in [-0.1, -0.05) is 18.2 Å². The Morgan fingerprint density at radius 2 is 2.27 bits per heavy atom. The van der Waals surface area contributed by atoms with Gasteiger partial charge in [0.2, 0.25) is 0 Å². The molecule has 0 saturated carbocycles. The molecule has 1 saturated heterocycles. The SMILES string of the molecule is COc1cccc(COC(C)C(=O)N2CCNCC2c2cccnc2)c1. The maximum atomic E-state index is 13.0. The van der Waals surface area contributed by atoms with Crippen molar-refractivity contribution in [3.05, 3.63) is 59.9 Å². The smallest absolute Gasteiger partial charge is 0.252 e. The second-order valence-corrected chi connectivity index (χ2v) is 6.34. The molecule has 3 rings (SSSR count). The van der Waals surface area contributed by atoms with E-state index in [1.807, 2.05) is 54.4 Å². The first-order chi connectivity index (χ1) is 12.7. The summed E-state index contributed by atoms with van der Waals surface area (Å²) < 4.78 is 11.1. The average molecular weight is 355 g/mol. The Kier molecular flexibility index (Phi) is 6.20. The van der Waals surface area contributed by atoms with Gasteiger partial charge in [0.05, 0.1) is 19.8 Å². The van der Waals surface area contributed by atoms with E-state index in [2.05, 4.69) is 10.3 Å². The normalized spacial score (nSPS) is 18.4. The number of carbonyl (C=O) groups is 1. The monoisotopic (exact) mass is 355 g/mol. The van der Waals surface area contributed by atoms with Crippen LogP contribution in [-0.4, -0.2) is 48.6 Å². The van der Waals surface area contributed by atoms with Crippen molar-refractivity contribution in [1.82, 2.24) is 15.2 Å². The predicted molar refractivity (Wildman–Crippen MR) is 98.8 cm³/mol. The zero-order valence-corrected chi connectivity index (χ0v) is 15.2. The molecule has 1 aliphatic heterocycles. The minimum absolute atomic E-state index is 0.00301. The van der Waals surface area contributed by atoms with Gasteiger partial charge in [0.1, 0.15) is 11.9 Å². The Hall–Kier alpha value is -2.44. The second kappa shape index (κ2) is 8.78. The van der Waals surface area contributed by atoms with Crippen LogP contribution in [0.15, 0.2) is 48.8 Å². The van der Waals surface area contributed by atoms with E-state index in [9.17, 15) is 4.79 Å². The standard InChI is InChI=1S/C20H25N3O3/c1-15(26-14-16-5-3-7-18(11-16)25-2)20(24)23-10-9-22-13-19(23)17-6-4-8-21-12-17/h3-8,11-12,15,19,22H,9-10,13-14H2,1-2H3. The highest BCUT2D eigenvalue weighted by atomic mass is 16.5. The summed E-state index contributed by atoms with van der Waals surface area (Å²) >= 11 is 0. The van der Waals surface area contributed by atoms with Crippen LogP contribution in [0.4, 0.5) is 0 Å². The van der Waals surface area contributed by atoms with Crippen LogP contribution in [0.1, 0.15) is 24.1 Å². The summed E-state index contributed by atoms with van der Waals surface area (Å²) in [5.74, 6) is 0.784. The molecule has 1 fully saturated rings. The summed E-state index contributed by atoms with van der Waals surface area (Å²) in [7, 11) is 1.63. The van der Waals surface area contributed by atoms with Gasteiger partial charge in [-0.2, -0.15) is 0 Å². The van der Waals surface area contributed by atoms with Crippen LogP contribution >= 0.6 is 0 Å². The lowest BCUT2D eigenvalue weighted by Crippen LogP contribution is -2.51. The molecule has 1 aromatic carbocycles. The van der Waals surface area contributed by atoms with Gasteiger partial charge in [0, 0.05) is 32.0 Å². The summed E-state index contributed by atoms with van der Waals surface area (Å²) in [6.45, 7) is 4.34. The van der Waals surface area contributed by atoms with Crippen molar-refractivity contribution < 1.29 is 14.3 Å². The number of nitrogens with zero attached hydrogens (tertiary/aromatic N) is 2. The Balaban J connectivity index is 1.64. The number of hydrogen-bond donors (Lipinski definition) is 1. The van der Waals surface area contributed by atoms with E-state index >= 15 is 0 Å². The number of methoxy groups -OCH3 is 1. The molecule has 1 aliphatic rings. The highest BCUT2D eigenvalue weighted by molar-refractivity contribution is 5.81. The molecule has 0 spiro atoms. The third kappa shape index (κ3) is 4.39. The fourth-order valence-electron chi connectivity index (χ4n) is 3.13. The van der Waals surface area contributed by atoms with Gasteiger partial charge >= 0.3 is 0 Å². The summed E-state index contributed by atoms with van der Waals surface area (Å²) in [5, 5.41) is 3.35. The van der Waals surface area contributed by atoms with Crippen LogP contribution in [0, 0.1) is 0 Å². The van der Waals surface area contributed by atoms with Crippen LogP contribution < -0.4 is 10.1 Å². The molecule has 2 heterocycles. The van der Waals surface area contributed by atoms with Crippen LogP contribution in [0.5, 0.6) is 5.75 Å². The van der Waals surface area contributed by atoms with Crippen molar-refractivity contribution in [3.63, 3.8) is 0 Å². The van der Waals surface area contributed by atoms with Gasteiger partial charge in [-0.25, -0.2) is 0 Å². The minimum Gasteiger partial charge on any atom is -0.497 e. The van der Waals surface area contributed by atoms with E-state index in [-0.39, 0.29) is 11.9 Å². The quantitative estimate of drug-likeness (QED) is 0.860. The van der Waals surface area contributed by atoms with Crippen LogP contribution in [0.25, 0.3) is 0 Å². The molecule has 2 unspecified atom stereocenters. The van der Waals surface area contributed by atoms with Crippen molar-refractivity contribution in [1.29, 1.82) is 0 Å². The maximum absolute atomic E-state index is 13.0. The van der Waals surface area contributed by atoms with E-state index in [1.165, 1.54) is 0 Å². The van der Waals surface area contributed by atoms with Crippen LogP contribution in [0.2, 0.25) is 0 Å². The van der Waals surface area contributed by atoms with E-state index in [1.54, 1.807) is 13.3 Å². The number of nitrogens with one attached hydrogen (secondary N) is 1. The lowest BCUT2D eigenvalue weighted by Gasteiger charge is -2.37. The van der Waals surface area contributed by atoms with Gasteiger partial charge < -0.3 is 19.7 Å². The highest BCUT2D eigenvalue weighted by Crippen LogP contribution is 2.23. The number of amides is 1. The summed E-state index contributed by atoms with van der Waals surface area (Å²) in [4.78, 5) is 19.0. The molecule has 2 atom stereocenters. The Bertz CT molecular complexity index is 723. The lowest BCUT2D eigenvalue weighted by atomic mass is 10.0. The van der Waals surface area contributed by atoms with E-state index < -0.39 is 6.10 Å². The van der Waals surface area contributed by atoms with Crippen molar-refractivity contribution in [2.75, 3.05) is 26.7 Å². The van der Waals surface area contributed by atoms with Gasteiger partial charge in [-0.3, -0.25) is 9.78 Å². The molecule has 138 valence electrons. The van der Waals surface area contributed by atoms with Crippen molar-refractivity contribution in [3.8, 4) is 5.75 Å². The van der Waals surface area contributed by atoms with Crippen molar-refractivity contribution in [2.24, 2.45) is 0 Å². The van der Waals surface area contributed by atoms with Gasteiger partial charge in [0.15, 0.2) is 0 Å². The third-order valence-electron chi connectivity index (χ3n) is 4.58. The average Bonchev–Trinajstić information content (AvgIpc) is 2.72. The topological polar surface area (TPSA) is 63.7 Å². The first kappa shape index (κ1) is 18.4. The summed E-state index contributed by atoms with van der Waals surface area (Å²) in [6.07, 6.45) is 3.05. The van der Waals surface area contributed by atoms with E-state index in [4.69, 9.17) is 9.47 Å². The molecule has 26 heavy (non-hydrogen) atoms. The highest BCUT2D eigenvalue weighted by Gasteiger charge is 2.31. The molecule has 1 amide bonds. The third-order valence-corrected chi connectivity index (χ3v) is 4.58. The van der Waals surface area contributed by atoms with Gasteiger partial charge in [-0.05, 0) is 36.2 Å². The first-order valence-electron chi connectivity index (χ1n) is 8.84. The predicted octanol–water partition coefficient (Wildman–Crippen LogP) is 2.17. The van der Waals surface area contributed by atoms with Gasteiger partial charge in [-0.15, -0.1) is 0 Å². The number of aromatic nitrogens is 1. The molecule has 0 radical (unpaired) electrons. The molecule has 6 nitrogen and oxygen atoms in total. The zero-order valence-electron chi connectivity index (χ0n) is 15.2. The molecule has 1 aromatic heterocycles. The van der Waals surface area contributed by atoms with E-state index in [0.717, 1.165) is 30.0 Å².